The normalized spacial score (nSPS) is 11.1. The predicted octanol–water partition coefficient (Wildman–Crippen LogP) is 4.62. The first-order valence-corrected chi connectivity index (χ1v) is 6.69. The van der Waals surface area contributed by atoms with Crippen LogP contribution in [0, 0.1) is 18.6 Å². The topological polar surface area (TPSA) is 25.8 Å². The zero-order valence-electron chi connectivity index (χ0n) is 10.8. The van der Waals surface area contributed by atoms with Crippen LogP contribution < -0.4 is 0 Å². The van der Waals surface area contributed by atoms with Crippen molar-refractivity contribution in [3.63, 3.8) is 0 Å². The van der Waals surface area contributed by atoms with Gasteiger partial charge in [0.2, 0.25) is 0 Å². The molecule has 0 saturated heterocycles. The fourth-order valence-corrected chi connectivity index (χ4v) is 2.11. The van der Waals surface area contributed by atoms with Crippen LogP contribution in [0.5, 0.6) is 0 Å². The van der Waals surface area contributed by atoms with Crippen molar-refractivity contribution in [3.05, 3.63) is 45.8 Å². The highest BCUT2D eigenvalue weighted by Crippen LogP contribution is 2.29. The van der Waals surface area contributed by atoms with E-state index in [0.717, 1.165) is 0 Å². The largest absolute Gasteiger partial charge is 0.232 e. The molecule has 0 spiro atoms. The molecule has 2 aromatic rings. The maximum atomic E-state index is 14.1. The Bertz CT molecular complexity index is 627. The molecule has 2 nitrogen and oxygen atoms in total. The fraction of sp³-hybridized carbons (Fsp3) is 0.286. The number of halogens is 3. The van der Waals surface area contributed by atoms with Crippen LogP contribution in [0.2, 0.25) is 0 Å². The molecule has 0 saturated carbocycles. The van der Waals surface area contributed by atoms with Gasteiger partial charge in [-0.05, 0) is 40.5 Å². The second-order valence-corrected chi connectivity index (χ2v) is 5.45. The number of benzene rings is 1. The lowest BCUT2D eigenvalue weighted by molar-refractivity contribution is 0.582. The number of rotatable bonds is 2. The van der Waals surface area contributed by atoms with Gasteiger partial charge in [0.25, 0.3) is 0 Å². The van der Waals surface area contributed by atoms with Crippen molar-refractivity contribution in [2.45, 2.75) is 26.7 Å². The lowest BCUT2D eigenvalue weighted by atomic mass is 10.1. The third kappa shape index (κ3) is 2.81. The molecule has 100 valence electrons. The Labute approximate surface area is 119 Å². The van der Waals surface area contributed by atoms with Crippen LogP contribution in [-0.4, -0.2) is 9.97 Å². The average Bonchev–Trinajstić information content (AvgIpc) is 2.34. The third-order valence-corrected chi connectivity index (χ3v) is 3.18. The van der Waals surface area contributed by atoms with Gasteiger partial charge in [-0.3, -0.25) is 0 Å². The monoisotopic (exact) mass is 326 g/mol. The van der Waals surface area contributed by atoms with E-state index in [2.05, 4.69) is 25.9 Å². The number of aryl methyl sites for hydroxylation is 1. The Morgan fingerprint density at radius 1 is 1.16 bits per heavy atom. The minimum Gasteiger partial charge on any atom is -0.232 e. The van der Waals surface area contributed by atoms with Gasteiger partial charge in [0.1, 0.15) is 22.1 Å². The molecule has 2 rings (SSSR count). The molecule has 19 heavy (non-hydrogen) atoms. The summed E-state index contributed by atoms with van der Waals surface area (Å²) in [7, 11) is 0. The van der Waals surface area contributed by atoms with Gasteiger partial charge >= 0.3 is 0 Å². The van der Waals surface area contributed by atoms with E-state index in [-0.39, 0.29) is 17.2 Å². The van der Waals surface area contributed by atoms with Gasteiger partial charge in [-0.1, -0.05) is 19.9 Å². The summed E-state index contributed by atoms with van der Waals surface area (Å²) in [6.45, 7) is 5.45. The quantitative estimate of drug-likeness (QED) is 0.753. The summed E-state index contributed by atoms with van der Waals surface area (Å²) >= 11 is 3.25. The van der Waals surface area contributed by atoms with Gasteiger partial charge < -0.3 is 0 Å². The lowest BCUT2D eigenvalue weighted by Crippen LogP contribution is -2.02. The summed E-state index contributed by atoms with van der Waals surface area (Å²) in [6, 6.07) is 4.18. The molecule has 1 aromatic heterocycles. The van der Waals surface area contributed by atoms with E-state index in [1.54, 1.807) is 6.92 Å². The summed E-state index contributed by atoms with van der Waals surface area (Å²) in [5.74, 6) is -0.583. The SMILES string of the molecule is Cc1ccc(F)c(-c2cc(Br)nc(C(C)C)n2)c1F. The maximum absolute atomic E-state index is 14.1. The molecule has 0 atom stereocenters. The van der Waals surface area contributed by atoms with Crippen LogP contribution in [0.15, 0.2) is 22.8 Å². The Balaban J connectivity index is 2.69. The van der Waals surface area contributed by atoms with Crippen molar-refractivity contribution < 1.29 is 8.78 Å². The van der Waals surface area contributed by atoms with Crippen molar-refractivity contribution in [1.82, 2.24) is 9.97 Å². The zero-order valence-corrected chi connectivity index (χ0v) is 12.4. The lowest BCUT2D eigenvalue weighted by Gasteiger charge is -2.10. The van der Waals surface area contributed by atoms with E-state index in [9.17, 15) is 8.78 Å². The van der Waals surface area contributed by atoms with Gasteiger partial charge in [0.15, 0.2) is 0 Å². The Morgan fingerprint density at radius 2 is 1.84 bits per heavy atom. The molecule has 0 unspecified atom stereocenters. The number of hydrogen-bond acceptors (Lipinski definition) is 2. The van der Waals surface area contributed by atoms with Crippen LogP contribution in [0.4, 0.5) is 8.78 Å². The highest BCUT2D eigenvalue weighted by atomic mass is 79.9. The van der Waals surface area contributed by atoms with Crippen LogP contribution >= 0.6 is 15.9 Å². The highest BCUT2D eigenvalue weighted by molar-refractivity contribution is 9.10. The first-order chi connectivity index (χ1) is 8.90. The van der Waals surface area contributed by atoms with Crippen LogP contribution in [0.25, 0.3) is 11.3 Å². The van der Waals surface area contributed by atoms with Crippen molar-refractivity contribution >= 4 is 15.9 Å². The van der Waals surface area contributed by atoms with Crippen LogP contribution in [0.1, 0.15) is 31.2 Å². The Morgan fingerprint density at radius 3 is 2.47 bits per heavy atom. The van der Waals surface area contributed by atoms with Crippen molar-refractivity contribution in [2.24, 2.45) is 0 Å². The second kappa shape index (κ2) is 5.33. The predicted molar refractivity (Wildman–Crippen MR) is 73.9 cm³/mol. The first kappa shape index (κ1) is 14.1. The average molecular weight is 327 g/mol. The summed E-state index contributed by atoms with van der Waals surface area (Å²) in [4.78, 5) is 8.45. The molecule has 5 heteroatoms. The van der Waals surface area contributed by atoms with Gasteiger partial charge in [-0.2, -0.15) is 0 Å². The van der Waals surface area contributed by atoms with Gasteiger partial charge in [-0.25, -0.2) is 18.7 Å². The Hall–Kier alpha value is -1.36. The minimum atomic E-state index is -0.622. The zero-order chi connectivity index (χ0) is 14.2. The van der Waals surface area contributed by atoms with Crippen LogP contribution in [0.3, 0.4) is 0 Å². The molecular weight excluding hydrogens is 314 g/mol. The fourth-order valence-electron chi connectivity index (χ4n) is 1.71. The molecule has 0 bridgehead atoms. The van der Waals surface area contributed by atoms with Crippen molar-refractivity contribution in [3.8, 4) is 11.3 Å². The molecule has 0 aliphatic rings. The Kier molecular flexibility index (Phi) is 3.94. The van der Waals surface area contributed by atoms with Gasteiger partial charge in [0, 0.05) is 5.92 Å². The van der Waals surface area contributed by atoms with E-state index in [4.69, 9.17) is 0 Å². The minimum absolute atomic E-state index is 0.0761. The highest BCUT2D eigenvalue weighted by Gasteiger charge is 2.17. The van der Waals surface area contributed by atoms with E-state index >= 15 is 0 Å². The van der Waals surface area contributed by atoms with Gasteiger partial charge in [0.05, 0.1) is 11.3 Å². The second-order valence-electron chi connectivity index (χ2n) is 4.64. The molecule has 0 N–H and O–H groups in total. The van der Waals surface area contributed by atoms with Crippen molar-refractivity contribution in [2.75, 3.05) is 0 Å². The van der Waals surface area contributed by atoms with E-state index in [0.29, 0.717) is 16.0 Å². The smallest absolute Gasteiger partial charge is 0.138 e. The number of nitrogens with zero attached hydrogens (tertiary/aromatic N) is 2. The molecule has 0 amide bonds. The summed E-state index contributed by atoms with van der Waals surface area (Å²) in [5.41, 5.74) is 0.534. The van der Waals surface area contributed by atoms with E-state index < -0.39 is 11.6 Å². The molecule has 0 fully saturated rings. The standard InChI is InChI=1S/C14H13BrF2N2/c1-7(2)14-18-10(6-11(15)19-14)12-9(16)5-4-8(3)13(12)17/h4-7H,1-3H3. The summed E-state index contributed by atoms with van der Waals surface area (Å²) in [5, 5.41) is 0. The molecule has 0 aliphatic heterocycles. The first-order valence-electron chi connectivity index (χ1n) is 5.89. The summed E-state index contributed by atoms with van der Waals surface area (Å²) < 4.78 is 28.5. The molecular formula is C14H13BrF2N2. The number of hydrogen-bond donors (Lipinski definition) is 0. The molecule has 0 radical (unpaired) electrons. The summed E-state index contributed by atoms with van der Waals surface area (Å²) in [6.07, 6.45) is 0. The van der Waals surface area contributed by atoms with Crippen LogP contribution in [-0.2, 0) is 0 Å². The molecule has 0 aliphatic carbocycles. The van der Waals surface area contributed by atoms with E-state index in [1.165, 1.54) is 18.2 Å². The third-order valence-electron chi connectivity index (χ3n) is 2.77. The number of aromatic nitrogens is 2. The molecule has 1 aromatic carbocycles. The molecule has 1 heterocycles. The van der Waals surface area contributed by atoms with Crippen molar-refractivity contribution in [1.29, 1.82) is 0 Å². The van der Waals surface area contributed by atoms with Gasteiger partial charge in [-0.15, -0.1) is 0 Å². The maximum Gasteiger partial charge on any atom is 0.138 e. The van der Waals surface area contributed by atoms with E-state index in [1.807, 2.05) is 13.8 Å².